The van der Waals surface area contributed by atoms with Gasteiger partial charge in [0.1, 0.15) is 18.1 Å². The molecule has 3 rings (SSSR count). The molecule has 2 aromatic rings. The van der Waals surface area contributed by atoms with Gasteiger partial charge in [-0.1, -0.05) is 12.8 Å². The van der Waals surface area contributed by atoms with Crippen LogP contribution in [-0.4, -0.2) is 43.7 Å². The Kier molecular flexibility index (Phi) is 4.69. The second-order valence-corrected chi connectivity index (χ2v) is 6.16. The number of amides is 1. The van der Waals surface area contributed by atoms with Crippen LogP contribution in [0.15, 0.2) is 24.7 Å². The van der Waals surface area contributed by atoms with Gasteiger partial charge < -0.3 is 19.3 Å². The molecular formula is C17H22N4O3. The summed E-state index contributed by atoms with van der Waals surface area (Å²) < 4.78 is 7.29. The van der Waals surface area contributed by atoms with Crippen molar-refractivity contribution in [2.24, 2.45) is 7.05 Å². The molecule has 0 saturated heterocycles. The molecule has 2 aromatic heterocycles. The van der Waals surface area contributed by atoms with E-state index >= 15 is 0 Å². The average Bonchev–Trinajstić information content (AvgIpc) is 3.23. The summed E-state index contributed by atoms with van der Waals surface area (Å²) in [6.07, 6.45) is 7.13. The number of aromatic hydroxyl groups is 1. The van der Waals surface area contributed by atoms with Gasteiger partial charge in [-0.3, -0.25) is 4.98 Å². The summed E-state index contributed by atoms with van der Waals surface area (Å²) in [5.74, 6) is 0.0980. The van der Waals surface area contributed by atoms with Crippen LogP contribution in [0.2, 0.25) is 0 Å². The Morgan fingerprint density at radius 3 is 2.79 bits per heavy atom. The summed E-state index contributed by atoms with van der Waals surface area (Å²) in [7, 11) is 3.64. The highest BCUT2D eigenvalue weighted by Crippen LogP contribution is 2.24. The van der Waals surface area contributed by atoms with Crippen molar-refractivity contribution >= 4 is 6.09 Å². The zero-order valence-electron chi connectivity index (χ0n) is 14.0. The number of aryl methyl sites for hydroxylation is 1. The number of hydrogen-bond acceptors (Lipinski definition) is 5. The summed E-state index contributed by atoms with van der Waals surface area (Å²) in [6.45, 7) is 0.129. The lowest BCUT2D eigenvalue weighted by atomic mass is 10.2. The fourth-order valence-electron chi connectivity index (χ4n) is 3.04. The van der Waals surface area contributed by atoms with E-state index in [1.165, 1.54) is 19.0 Å². The minimum absolute atomic E-state index is 0.0980. The Morgan fingerprint density at radius 1 is 1.38 bits per heavy atom. The molecule has 1 fully saturated rings. The van der Waals surface area contributed by atoms with Crippen LogP contribution in [0.25, 0.3) is 11.4 Å². The molecule has 7 nitrogen and oxygen atoms in total. The normalized spacial score (nSPS) is 14.8. The summed E-state index contributed by atoms with van der Waals surface area (Å²) in [5, 5.41) is 9.36. The first-order chi connectivity index (χ1) is 11.6. The van der Waals surface area contributed by atoms with Crippen LogP contribution in [-0.2, 0) is 18.4 Å². The predicted octanol–water partition coefficient (Wildman–Crippen LogP) is 2.70. The fraction of sp³-hybridized carbons (Fsp3) is 0.471. The molecule has 128 valence electrons. The lowest BCUT2D eigenvalue weighted by Gasteiger charge is -2.23. The van der Waals surface area contributed by atoms with Crippen LogP contribution in [0.1, 0.15) is 31.4 Å². The van der Waals surface area contributed by atoms with Gasteiger partial charge in [0, 0.05) is 20.1 Å². The van der Waals surface area contributed by atoms with Gasteiger partial charge in [0.15, 0.2) is 0 Å². The number of nitrogens with zero attached hydrogens (tertiary/aromatic N) is 4. The third-order valence-corrected chi connectivity index (χ3v) is 4.54. The number of rotatable bonds is 4. The topological polar surface area (TPSA) is 80.5 Å². The monoisotopic (exact) mass is 330 g/mol. The molecular weight excluding hydrogens is 308 g/mol. The Balaban J connectivity index is 1.70. The summed E-state index contributed by atoms with van der Waals surface area (Å²) in [5.41, 5.74) is 2.04. The second-order valence-electron chi connectivity index (χ2n) is 6.16. The van der Waals surface area contributed by atoms with Gasteiger partial charge in [-0.15, -0.1) is 0 Å². The number of carbonyl (C=O) groups excluding carboxylic acids is 1. The van der Waals surface area contributed by atoms with Gasteiger partial charge in [-0.25, -0.2) is 9.78 Å². The number of hydrogen-bond donors (Lipinski definition) is 1. The first-order valence-corrected chi connectivity index (χ1v) is 8.11. The SMILES string of the molecule is CN(C(=O)OCc1c(-c2ccc(O)cn2)ncn1C)C1CCCC1. The molecule has 1 amide bonds. The molecule has 1 saturated carbocycles. The van der Waals surface area contributed by atoms with Crippen LogP contribution in [0.5, 0.6) is 5.75 Å². The van der Waals surface area contributed by atoms with Gasteiger partial charge in [0.25, 0.3) is 0 Å². The van der Waals surface area contributed by atoms with Crippen LogP contribution in [0.4, 0.5) is 4.79 Å². The van der Waals surface area contributed by atoms with Crippen LogP contribution in [0.3, 0.4) is 0 Å². The lowest BCUT2D eigenvalue weighted by Crippen LogP contribution is -2.35. The minimum atomic E-state index is -0.312. The quantitative estimate of drug-likeness (QED) is 0.932. The van der Waals surface area contributed by atoms with E-state index in [1.807, 2.05) is 11.6 Å². The van der Waals surface area contributed by atoms with Crippen molar-refractivity contribution in [1.82, 2.24) is 19.4 Å². The van der Waals surface area contributed by atoms with Crippen molar-refractivity contribution in [1.29, 1.82) is 0 Å². The molecule has 0 aliphatic heterocycles. The van der Waals surface area contributed by atoms with Crippen LogP contribution < -0.4 is 0 Å². The summed E-state index contributed by atoms with van der Waals surface area (Å²) in [6, 6.07) is 3.52. The molecule has 1 aliphatic rings. The maximum atomic E-state index is 12.3. The van der Waals surface area contributed by atoms with E-state index in [0.717, 1.165) is 18.5 Å². The van der Waals surface area contributed by atoms with Gasteiger partial charge in [0.2, 0.25) is 0 Å². The highest BCUT2D eigenvalue weighted by molar-refractivity contribution is 5.68. The summed E-state index contributed by atoms with van der Waals surface area (Å²) >= 11 is 0. The molecule has 7 heteroatoms. The van der Waals surface area contributed by atoms with E-state index in [1.54, 1.807) is 30.4 Å². The van der Waals surface area contributed by atoms with Crippen molar-refractivity contribution in [3.63, 3.8) is 0 Å². The van der Waals surface area contributed by atoms with E-state index in [0.29, 0.717) is 11.4 Å². The molecule has 0 aromatic carbocycles. The van der Waals surface area contributed by atoms with Gasteiger partial charge in [-0.2, -0.15) is 0 Å². The fourth-order valence-corrected chi connectivity index (χ4v) is 3.04. The first kappa shape index (κ1) is 16.3. The van der Waals surface area contributed by atoms with E-state index in [-0.39, 0.29) is 24.5 Å². The van der Waals surface area contributed by atoms with Crippen molar-refractivity contribution < 1.29 is 14.6 Å². The Morgan fingerprint density at radius 2 is 2.12 bits per heavy atom. The number of aromatic nitrogens is 3. The van der Waals surface area contributed by atoms with E-state index in [4.69, 9.17) is 4.74 Å². The van der Waals surface area contributed by atoms with Gasteiger partial charge in [0.05, 0.1) is 23.9 Å². The maximum absolute atomic E-state index is 12.3. The average molecular weight is 330 g/mol. The summed E-state index contributed by atoms with van der Waals surface area (Å²) in [4.78, 5) is 22.5. The zero-order chi connectivity index (χ0) is 17.1. The van der Waals surface area contributed by atoms with Gasteiger partial charge >= 0.3 is 6.09 Å². The Labute approximate surface area is 140 Å². The largest absolute Gasteiger partial charge is 0.506 e. The number of imidazole rings is 1. The van der Waals surface area contributed by atoms with Crippen molar-refractivity contribution in [2.45, 2.75) is 38.3 Å². The Hall–Kier alpha value is -2.57. The molecule has 0 bridgehead atoms. The Bertz CT molecular complexity index is 705. The van der Waals surface area contributed by atoms with Crippen molar-refractivity contribution in [3.05, 3.63) is 30.4 Å². The standard InChI is InChI=1S/C17H22N4O3/c1-20-11-19-16(14-8-7-13(22)9-18-14)15(20)10-24-17(23)21(2)12-5-3-4-6-12/h7-9,11-12,22H,3-6,10H2,1-2H3. The predicted molar refractivity (Wildman–Crippen MR) is 88.3 cm³/mol. The van der Waals surface area contributed by atoms with Crippen LogP contribution in [0, 0.1) is 0 Å². The first-order valence-electron chi connectivity index (χ1n) is 8.11. The van der Waals surface area contributed by atoms with E-state index in [2.05, 4.69) is 9.97 Å². The molecule has 0 spiro atoms. The highest BCUT2D eigenvalue weighted by Gasteiger charge is 2.25. The number of carbonyl (C=O) groups is 1. The molecule has 24 heavy (non-hydrogen) atoms. The molecule has 0 atom stereocenters. The highest BCUT2D eigenvalue weighted by atomic mass is 16.6. The third kappa shape index (κ3) is 3.34. The van der Waals surface area contributed by atoms with Gasteiger partial charge in [-0.05, 0) is 25.0 Å². The molecule has 1 aliphatic carbocycles. The minimum Gasteiger partial charge on any atom is -0.506 e. The zero-order valence-corrected chi connectivity index (χ0v) is 14.0. The molecule has 2 heterocycles. The lowest BCUT2D eigenvalue weighted by molar-refractivity contribution is 0.0902. The van der Waals surface area contributed by atoms with E-state index in [9.17, 15) is 9.90 Å². The molecule has 0 radical (unpaired) electrons. The smallest absolute Gasteiger partial charge is 0.410 e. The third-order valence-electron chi connectivity index (χ3n) is 4.54. The number of ether oxygens (including phenoxy) is 1. The number of pyridine rings is 1. The van der Waals surface area contributed by atoms with Crippen molar-refractivity contribution in [2.75, 3.05) is 7.05 Å². The van der Waals surface area contributed by atoms with E-state index < -0.39 is 0 Å². The van der Waals surface area contributed by atoms with Crippen LogP contribution >= 0.6 is 0 Å². The molecule has 1 N–H and O–H groups in total. The molecule has 0 unspecified atom stereocenters. The second kappa shape index (κ2) is 6.90. The maximum Gasteiger partial charge on any atom is 0.410 e. The van der Waals surface area contributed by atoms with Crippen molar-refractivity contribution in [3.8, 4) is 17.1 Å².